The van der Waals surface area contributed by atoms with Crippen LogP contribution in [-0.4, -0.2) is 63.2 Å². The Morgan fingerprint density at radius 3 is 3.04 bits per heavy atom. The number of hydrogen-bond acceptors (Lipinski definition) is 7. The maximum atomic E-state index is 12.9. The van der Waals surface area contributed by atoms with Crippen molar-refractivity contribution in [2.24, 2.45) is 0 Å². The predicted molar refractivity (Wildman–Crippen MR) is 106 cm³/mol. The van der Waals surface area contributed by atoms with E-state index in [-0.39, 0.29) is 12.0 Å². The Balaban J connectivity index is 1.25. The summed E-state index contributed by atoms with van der Waals surface area (Å²) in [6.45, 7) is 5.58. The molecular weight excluding hydrogens is 376 g/mol. The van der Waals surface area contributed by atoms with Gasteiger partial charge in [0.25, 0.3) is 5.78 Å². The van der Waals surface area contributed by atoms with Crippen LogP contribution in [0.3, 0.4) is 0 Å². The van der Waals surface area contributed by atoms with Crippen LogP contribution in [0.2, 0.25) is 0 Å². The van der Waals surface area contributed by atoms with Gasteiger partial charge in [-0.2, -0.15) is 14.6 Å². The fraction of sp³-hybridized carbons (Fsp3) is 0.474. The molecule has 3 aromatic heterocycles. The van der Waals surface area contributed by atoms with Crippen LogP contribution in [0.1, 0.15) is 28.7 Å². The van der Waals surface area contributed by atoms with Gasteiger partial charge in [0.15, 0.2) is 0 Å². The molecule has 2 aliphatic heterocycles. The van der Waals surface area contributed by atoms with Crippen molar-refractivity contribution in [3.05, 3.63) is 40.0 Å². The van der Waals surface area contributed by atoms with Gasteiger partial charge < -0.3 is 14.5 Å². The maximum absolute atomic E-state index is 12.9. The van der Waals surface area contributed by atoms with Gasteiger partial charge in [-0.3, -0.25) is 4.79 Å². The average molecular weight is 398 g/mol. The average Bonchev–Trinajstić information content (AvgIpc) is 3.37. The summed E-state index contributed by atoms with van der Waals surface area (Å²) >= 11 is 1.70. The van der Waals surface area contributed by atoms with Crippen LogP contribution in [0.15, 0.2) is 23.8 Å². The number of aromatic nitrogens is 4. The van der Waals surface area contributed by atoms with E-state index in [0.29, 0.717) is 31.9 Å². The van der Waals surface area contributed by atoms with Gasteiger partial charge in [-0.25, -0.2) is 4.98 Å². The maximum Gasteiger partial charge on any atom is 0.254 e. The molecular formula is C19H22N6O2S. The van der Waals surface area contributed by atoms with Crippen LogP contribution in [0.4, 0.5) is 5.82 Å². The third kappa shape index (κ3) is 3.14. The lowest BCUT2D eigenvalue weighted by molar-refractivity contribution is -0.134. The van der Waals surface area contributed by atoms with Gasteiger partial charge in [0.2, 0.25) is 5.91 Å². The Morgan fingerprint density at radius 2 is 2.18 bits per heavy atom. The van der Waals surface area contributed by atoms with Crippen molar-refractivity contribution in [1.82, 2.24) is 24.5 Å². The fourth-order valence-electron chi connectivity index (χ4n) is 3.98. The van der Waals surface area contributed by atoms with Crippen LogP contribution < -0.4 is 4.90 Å². The smallest absolute Gasteiger partial charge is 0.254 e. The number of fused-ring (bicyclic) bond motifs is 2. The number of carbonyl (C=O) groups is 1. The number of thiophene rings is 1. The monoisotopic (exact) mass is 398 g/mol. The third-order valence-electron chi connectivity index (χ3n) is 5.44. The summed E-state index contributed by atoms with van der Waals surface area (Å²) in [5.41, 5.74) is 2.25. The number of nitrogens with zero attached hydrogens (tertiary/aromatic N) is 6. The number of rotatable bonds is 3. The zero-order valence-electron chi connectivity index (χ0n) is 15.7. The highest BCUT2D eigenvalue weighted by Gasteiger charge is 2.29. The standard InChI is InChI=1S/C19H22N6O2S/c1-13-10-16(25-19(22-13)20-12-21-25)23-4-6-24(7-5-23)17(26)11-15-18-14(2-8-27-15)3-9-28-18/h3,9-10,12,15H,2,4-8,11H2,1H3. The lowest BCUT2D eigenvalue weighted by Crippen LogP contribution is -2.49. The number of aryl methyl sites for hydroxylation is 1. The zero-order valence-corrected chi connectivity index (χ0v) is 16.6. The van der Waals surface area contributed by atoms with E-state index in [4.69, 9.17) is 4.74 Å². The highest BCUT2D eigenvalue weighted by Crippen LogP contribution is 2.34. The molecule has 0 spiro atoms. The van der Waals surface area contributed by atoms with Gasteiger partial charge in [-0.05, 0) is 30.4 Å². The van der Waals surface area contributed by atoms with E-state index in [0.717, 1.165) is 31.0 Å². The summed E-state index contributed by atoms with van der Waals surface area (Å²) in [6, 6.07) is 4.17. The third-order valence-corrected chi connectivity index (χ3v) is 6.49. The van der Waals surface area contributed by atoms with Gasteiger partial charge >= 0.3 is 0 Å². The molecule has 0 N–H and O–H groups in total. The molecule has 1 saturated heterocycles. The second kappa shape index (κ2) is 7.14. The molecule has 0 radical (unpaired) electrons. The predicted octanol–water partition coefficient (Wildman–Crippen LogP) is 1.85. The molecule has 3 aromatic rings. The first kappa shape index (κ1) is 17.6. The fourth-order valence-corrected chi connectivity index (χ4v) is 4.99. The molecule has 0 aliphatic carbocycles. The van der Waals surface area contributed by atoms with E-state index in [1.807, 2.05) is 17.9 Å². The Kier molecular flexibility index (Phi) is 4.48. The first-order valence-electron chi connectivity index (χ1n) is 9.57. The normalized spacial score (nSPS) is 19.8. The number of carbonyl (C=O) groups excluding carboxylic acids is 1. The highest BCUT2D eigenvalue weighted by atomic mass is 32.1. The number of ether oxygens (including phenoxy) is 1. The van der Waals surface area contributed by atoms with Gasteiger partial charge in [0.1, 0.15) is 18.2 Å². The first-order valence-corrected chi connectivity index (χ1v) is 10.4. The van der Waals surface area contributed by atoms with E-state index >= 15 is 0 Å². The molecule has 1 amide bonds. The summed E-state index contributed by atoms with van der Waals surface area (Å²) in [5, 5.41) is 6.38. The van der Waals surface area contributed by atoms with Gasteiger partial charge in [-0.1, -0.05) is 0 Å². The molecule has 5 heterocycles. The van der Waals surface area contributed by atoms with Crippen molar-refractivity contribution < 1.29 is 9.53 Å². The summed E-state index contributed by atoms with van der Waals surface area (Å²) in [4.78, 5) is 26.9. The van der Waals surface area contributed by atoms with E-state index in [2.05, 4.69) is 31.4 Å². The summed E-state index contributed by atoms with van der Waals surface area (Å²) < 4.78 is 7.66. The molecule has 1 atom stereocenters. The molecule has 0 bridgehead atoms. The highest BCUT2D eigenvalue weighted by molar-refractivity contribution is 7.10. The summed E-state index contributed by atoms with van der Waals surface area (Å²) in [5.74, 6) is 1.75. The van der Waals surface area contributed by atoms with Crippen molar-refractivity contribution in [2.45, 2.75) is 25.9 Å². The molecule has 0 saturated carbocycles. The Hall–Kier alpha value is -2.52. The van der Waals surface area contributed by atoms with E-state index in [1.165, 1.54) is 16.8 Å². The summed E-state index contributed by atoms with van der Waals surface area (Å²) in [7, 11) is 0. The van der Waals surface area contributed by atoms with Crippen LogP contribution in [0, 0.1) is 6.92 Å². The zero-order chi connectivity index (χ0) is 19.1. The van der Waals surface area contributed by atoms with Gasteiger partial charge in [0, 0.05) is 42.8 Å². The van der Waals surface area contributed by atoms with Crippen LogP contribution >= 0.6 is 11.3 Å². The van der Waals surface area contributed by atoms with Crippen molar-refractivity contribution in [3.8, 4) is 0 Å². The molecule has 2 aliphatic rings. The molecule has 146 valence electrons. The molecule has 1 fully saturated rings. The number of amides is 1. The van der Waals surface area contributed by atoms with E-state index < -0.39 is 0 Å². The minimum absolute atomic E-state index is 0.0908. The second-order valence-electron chi connectivity index (χ2n) is 7.22. The second-order valence-corrected chi connectivity index (χ2v) is 8.17. The molecule has 8 nitrogen and oxygen atoms in total. The largest absolute Gasteiger partial charge is 0.372 e. The first-order chi connectivity index (χ1) is 13.7. The molecule has 1 unspecified atom stereocenters. The molecule has 5 rings (SSSR count). The SMILES string of the molecule is Cc1cc(N2CCN(C(=O)CC3OCCc4ccsc43)CC2)n2ncnc2n1. The minimum atomic E-state index is -0.0908. The van der Waals surface area contributed by atoms with Crippen molar-refractivity contribution in [2.75, 3.05) is 37.7 Å². The lowest BCUT2D eigenvalue weighted by atomic mass is 10.0. The molecule has 9 heteroatoms. The van der Waals surface area contributed by atoms with Crippen LogP contribution in [-0.2, 0) is 16.0 Å². The van der Waals surface area contributed by atoms with Crippen molar-refractivity contribution >= 4 is 28.8 Å². The van der Waals surface area contributed by atoms with E-state index in [9.17, 15) is 4.79 Å². The quantitative estimate of drug-likeness (QED) is 0.670. The van der Waals surface area contributed by atoms with E-state index in [1.54, 1.807) is 15.9 Å². The molecule has 28 heavy (non-hydrogen) atoms. The van der Waals surface area contributed by atoms with Gasteiger partial charge in [0.05, 0.1) is 13.0 Å². The van der Waals surface area contributed by atoms with Gasteiger partial charge in [-0.15, -0.1) is 11.3 Å². The lowest BCUT2D eigenvalue weighted by Gasteiger charge is -2.36. The topological polar surface area (TPSA) is 75.9 Å². The van der Waals surface area contributed by atoms with Crippen molar-refractivity contribution in [1.29, 1.82) is 0 Å². The summed E-state index contributed by atoms with van der Waals surface area (Å²) in [6.07, 6.45) is 2.81. The number of anilines is 1. The van der Waals surface area contributed by atoms with Crippen LogP contribution in [0.5, 0.6) is 0 Å². The Bertz CT molecular complexity index is 1010. The van der Waals surface area contributed by atoms with Crippen molar-refractivity contribution in [3.63, 3.8) is 0 Å². The minimum Gasteiger partial charge on any atom is -0.372 e. The number of piperazine rings is 1. The Labute approximate surface area is 166 Å². The Morgan fingerprint density at radius 1 is 1.32 bits per heavy atom. The molecule has 0 aromatic carbocycles. The van der Waals surface area contributed by atoms with Crippen LogP contribution in [0.25, 0.3) is 5.78 Å². The number of hydrogen-bond donors (Lipinski definition) is 0.